The largest absolute Gasteiger partial charge is 0.455 e. The molecule has 0 aromatic heterocycles. The van der Waals surface area contributed by atoms with E-state index in [0.29, 0.717) is 0 Å². The Morgan fingerprint density at radius 1 is 0.964 bits per heavy atom. The molecular formula is C16H12Cl4N2O5S. The summed E-state index contributed by atoms with van der Waals surface area (Å²) in [5.41, 5.74) is 0.246. The van der Waals surface area contributed by atoms with E-state index in [9.17, 15) is 18.0 Å². The molecule has 150 valence electrons. The van der Waals surface area contributed by atoms with E-state index in [4.69, 9.17) is 51.1 Å². The second-order valence-corrected chi connectivity index (χ2v) is 8.58. The molecule has 0 heterocycles. The van der Waals surface area contributed by atoms with E-state index < -0.39 is 35.1 Å². The third kappa shape index (κ3) is 6.23. The van der Waals surface area contributed by atoms with Gasteiger partial charge in [-0.2, -0.15) is 4.72 Å². The molecule has 0 radical (unpaired) electrons. The molecule has 2 aromatic carbocycles. The fourth-order valence-electron chi connectivity index (χ4n) is 1.86. The maximum absolute atomic E-state index is 12.1. The van der Waals surface area contributed by atoms with Crippen LogP contribution in [0.4, 0.5) is 5.69 Å². The number of anilines is 1. The van der Waals surface area contributed by atoms with Crippen molar-refractivity contribution in [2.45, 2.75) is 4.90 Å². The molecule has 7 nitrogen and oxygen atoms in total. The third-order valence-electron chi connectivity index (χ3n) is 3.20. The van der Waals surface area contributed by atoms with Gasteiger partial charge in [0.15, 0.2) is 6.61 Å². The molecule has 28 heavy (non-hydrogen) atoms. The van der Waals surface area contributed by atoms with Crippen molar-refractivity contribution in [3.8, 4) is 0 Å². The van der Waals surface area contributed by atoms with Crippen molar-refractivity contribution in [3.05, 3.63) is 56.5 Å². The zero-order chi connectivity index (χ0) is 20.9. The molecule has 1 amide bonds. The van der Waals surface area contributed by atoms with Crippen LogP contribution in [0, 0.1) is 0 Å². The van der Waals surface area contributed by atoms with Crippen LogP contribution in [-0.4, -0.2) is 33.4 Å². The lowest BCUT2D eigenvalue weighted by Gasteiger charge is -2.10. The van der Waals surface area contributed by atoms with Crippen LogP contribution in [0.3, 0.4) is 0 Å². The topological polar surface area (TPSA) is 102 Å². The van der Waals surface area contributed by atoms with Crippen LogP contribution >= 0.6 is 46.4 Å². The van der Waals surface area contributed by atoms with Gasteiger partial charge in [0.1, 0.15) is 6.54 Å². The molecule has 0 spiro atoms. The van der Waals surface area contributed by atoms with Crippen LogP contribution in [0.2, 0.25) is 20.1 Å². The normalized spacial score (nSPS) is 11.1. The minimum Gasteiger partial charge on any atom is -0.455 e. The number of benzene rings is 2. The molecule has 0 aliphatic carbocycles. The fourth-order valence-corrected chi connectivity index (χ4v) is 3.57. The lowest BCUT2D eigenvalue weighted by molar-refractivity contribution is -0.146. The maximum Gasteiger partial charge on any atom is 0.321 e. The number of esters is 1. The van der Waals surface area contributed by atoms with E-state index in [1.807, 2.05) is 4.72 Å². The Bertz CT molecular complexity index is 1010. The van der Waals surface area contributed by atoms with Gasteiger partial charge in [-0.1, -0.05) is 52.5 Å². The predicted octanol–water partition coefficient (Wildman–Crippen LogP) is 3.76. The van der Waals surface area contributed by atoms with Crippen molar-refractivity contribution in [3.63, 3.8) is 0 Å². The number of ether oxygens (including phenoxy) is 1. The van der Waals surface area contributed by atoms with E-state index in [1.54, 1.807) is 12.1 Å². The Balaban J connectivity index is 1.85. The summed E-state index contributed by atoms with van der Waals surface area (Å²) in [5, 5.41) is 3.03. The van der Waals surface area contributed by atoms with Gasteiger partial charge in [-0.05, 0) is 30.3 Å². The van der Waals surface area contributed by atoms with Gasteiger partial charge >= 0.3 is 5.97 Å². The Hall–Kier alpha value is -1.55. The van der Waals surface area contributed by atoms with Gasteiger partial charge in [0.25, 0.3) is 5.91 Å². The zero-order valence-electron chi connectivity index (χ0n) is 13.8. The van der Waals surface area contributed by atoms with E-state index in [0.717, 1.165) is 6.07 Å². The van der Waals surface area contributed by atoms with Crippen LogP contribution in [0.5, 0.6) is 0 Å². The molecule has 0 fully saturated rings. The number of carbonyl (C=O) groups excluding carboxylic acids is 2. The highest BCUT2D eigenvalue weighted by Gasteiger charge is 2.18. The second-order valence-electron chi connectivity index (χ2n) is 5.21. The van der Waals surface area contributed by atoms with Gasteiger partial charge in [-0.25, -0.2) is 8.42 Å². The number of rotatable bonds is 7. The summed E-state index contributed by atoms with van der Waals surface area (Å²) >= 11 is 23.3. The lowest BCUT2D eigenvalue weighted by atomic mass is 10.3. The number of hydrogen-bond acceptors (Lipinski definition) is 5. The smallest absolute Gasteiger partial charge is 0.321 e. The maximum atomic E-state index is 12.1. The van der Waals surface area contributed by atoms with E-state index in [2.05, 4.69) is 5.32 Å². The number of amides is 1. The van der Waals surface area contributed by atoms with Crippen LogP contribution < -0.4 is 10.0 Å². The highest BCUT2D eigenvalue weighted by atomic mass is 35.5. The van der Waals surface area contributed by atoms with Gasteiger partial charge in [0.2, 0.25) is 10.0 Å². The third-order valence-corrected chi connectivity index (χ3v) is 6.15. The molecule has 0 saturated carbocycles. The summed E-state index contributed by atoms with van der Waals surface area (Å²) in [4.78, 5) is 23.3. The number of nitrogens with one attached hydrogen (secondary N) is 2. The molecule has 2 aromatic rings. The number of halogens is 4. The minimum absolute atomic E-state index is 0.0449. The molecule has 0 saturated heterocycles. The summed E-state index contributed by atoms with van der Waals surface area (Å²) < 4.78 is 31.0. The van der Waals surface area contributed by atoms with Crippen LogP contribution in [0.1, 0.15) is 0 Å². The molecule has 0 bridgehead atoms. The van der Waals surface area contributed by atoms with Crippen molar-refractivity contribution >= 4 is 74.0 Å². The van der Waals surface area contributed by atoms with E-state index in [-0.39, 0.29) is 30.7 Å². The average Bonchev–Trinajstić information content (AvgIpc) is 2.64. The predicted molar refractivity (Wildman–Crippen MR) is 108 cm³/mol. The second kappa shape index (κ2) is 9.78. The molecule has 0 aliphatic heterocycles. The molecule has 0 atom stereocenters. The first kappa shape index (κ1) is 22.7. The van der Waals surface area contributed by atoms with E-state index >= 15 is 0 Å². The Morgan fingerprint density at radius 3 is 2.36 bits per heavy atom. The van der Waals surface area contributed by atoms with Crippen molar-refractivity contribution in [2.75, 3.05) is 18.5 Å². The van der Waals surface area contributed by atoms with E-state index in [1.165, 1.54) is 18.2 Å². The number of hydrogen-bond donors (Lipinski definition) is 2. The Morgan fingerprint density at radius 2 is 1.68 bits per heavy atom. The van der Waals surface area contributed by atoms with Gasteiger partial charge < -0.3 is 10.1 Å². The summed E-state index contributed by atoms with van der Waals surface area (Å²) in [7, 11) is -4.02. The lowest BCUT2D eigenvalue weighted by Crippen LogP contribution is -2.32. The summed E-state index contributed by atoms with van der Waals surface area (Å²) in [6.45, 7) is -1.33. The first-order chi connectivity index (χ1) is 13.1. The van der Waals surface area contributed by atoms with Crippen molar-refractivity contribution < 1.29 is 22.7 Å². The summed E-state index contributed by atoms with van der Waals surface area (Å²) in [6, 6.07) is 8.30. The minimum atomic E-state index is -4.02. The molecule has 0 unspecified atom stereocenters. The Kier molecular flexibility index (Phi) is 7.94. The average molecular weight is 486 g/mol. The standard InChI is InChI=1S/C16H12Cl4N2O5S/c17-10-5-4-9(6-12(10)19)28(25,26)21-7-15(24)27-8-14(23)22-13-3-1-2-11(18)16(13)20/h1-6,21H,7-8H2,(H,22,23). The van der Waals surface area contributed by atoms with Gasteiger partial charge in [-0.15, -0.1) is 0 Å². The molecular weight excluding hydrogens is 474 g/mol. The van der Waals surface area contributed by atoms with Crippen molar-refractivity contribution in [1.29, 1.82) is 0 Å². The Labute approximate surface area is 180 Å². The molecule has 2 N–H and O–H groups in total. The molecule has 12 heteroatoms. The number of carbonyl (C=O) groups is 2. The zero-order valence-corrected chi connectivity index (χ0v) is 17.7. The monoisotopic (exact) mass is 484 g/mol. The first-order valence-electron chi connectivity index (χ1n) is 7.44. The quantitative estimate of drug-likeness (QED) is 0.581. The van der Waals surface area contributed by atoms with Crippen LogP contribution in [0.25, 0.3) is 0 Å². The first-order valence-corrected chi connectivity index (χ1v) is 10.4. The van der Waals surface area contributed by atoms with Crippen molar-refractivity contribution in [1.82, 2.24) is 4.72 Å². The van der Waals surface area contributed by atoms with Gasteiger partial charge in [0, 0.05) is 0 Å². The SMILES string of the molecule is O=C(COC(=O)CNS(=O)(=O)c1ccc(Cl)c(Cl)c1)Nc1cccc(Cl)c1Cl. The van der Waals surface area contributed by atoms with Crippen LogP contribution in [0.15, 0.2) is 41.3 Å². The van der Waals surface area contributed by atoms with Gasteiger partial charge in [-0.3, -0.25) is 9.59 Å². The van der Waals surface area contributed by atoms with Gasteiger partial charge in [0.05, 0.1) is 30.7 Å². The number of sulfonamides is 1. The summed E-state index contributed by atoms with van der Waals surface area (Å²) in [6.07, 6.45) is 0. The highest BCUT2D eigenvalue weighted by Crippen LogP contribution is 2.29. The highest BCUT2D eigenvalue weighted by molar-refractivity contribution is 7.89. The summed E-state index contributed by atoms with van der Waals surface area (Å²) in [5.74, 6) is -1.64. The molecule has 2 rings (SSSR count). The molecule has 0 aliphatic rings. The fraction of sp³-hybridized carbons (Fsp3) is 0.125. The van der Waals surface area contributed by atoms with Crippen molar-refractivity contribution in [2.24, 2.45) is 0 Å². The van der Waals surface area contributed by atoms with Crippen LogP contribution in [-0.2, 0) is 24.3 Å².